The van der Waals surface area contributed by atoms with Crippen LogP contribution in [0.4, 0.5) is 4.79 Å². The molecule has 33 heavy (non-hydrogen) atoms. The van der Waals surface area contributed by atoms with Gasteiger partial charge in [0.2, 0.25) is 0 Å². The summed E-state index contributed by atoms with van der Waals surface area (Å²) in [5, 5.41) is 3.67. The smallest absolute Gasteiger partial charge is 0.320 e. The van der Waals surface area contributed by atoms with E-state index in [1.165, 1.54) is 30.4 Å². The highest BCUT2D eigenvalue weighted by molar-refractivity contribution is 5.79. The fraction of sp³-hybridized carbons (Fsp3) is 0.607. The molecular weight excluding hydrogens is 410 g/mol. The van der Waals surface area contributed by atoms with Gasteiger partial charge >= 0.3 is 6.03 Å². The molecule has 5 rings (SSSR count). The molecule has 4 aliphatic rings. The summed E-state index contributed by atoms with van der Waals surface area (Å²) in [6.45, 7) is 2.50. The molecule has 0 bridgehead atoms. The Bertz CT molecular complexity index is 897. The third kappa shape index (κ3) is 4.26. The van der Waals surface area contributed by atoms with E-state index < -0.39 is 0 Å². The predicted octanol–water partition coefficient (Wildman–Crippen LogP) is 4.85. The first kappa shape index (κ1) is 22.7. The third-order valence-corrected chi connectivity index (χ3v) is 8.88. The van der Waals surface area contributed by atoms with Crippen molar-refractivity contribution in [1.29, 1.82) is 0 Å². The number of benzene rings is 1. The molecule has 0 radical (unpaired) electrons. The topological polar surface area (TPSA) is 44.8 Å². The first-order chi connectivity index (χ1) is 16.1. The molecule has 5 nitrogen and oxygen atoms in total. The highest BCUT2D eigenvalue weighted by atomic mass is 16.5. The summed E-state index contributed by atoms with van der Waals surface area (Å²) < 4.78 is 5.44. The number of ether oxygens (including phenoxy) is 1. The van der Waals surface area contributed by atoms with Crippen molar-refractivity contribution in [2.24, 2.45) is 5.92 Å². The van der Waals surface area contributed by atoms with E-state index in [-0.39, 0.29) is 23.2 Å². The number of carbonyl (C=O) groups excluding carboxylic acids is 1. The van der Waals surface area contributed by atoms with Gasteiger partial charge in [0.15, 0.2) is 0 Å². The number of hydrogen-bond donors (Lipinski definition) is 1. The first-order valence-electron chi connectivity index (χ1n) is 12.8. The molecule has 1 atom stereocenters. The zero-order chi connectivity index (χ0) is 22.9. The van der Waals surface area contributed by atoms with E-state index in [2.05, 4.69) is 70.7 Å². The zero-order valence-corrected chi connectivity index (χ0v) is 20.3. The van der Waals surface area contributed by atoms with Crippen molar-refractivity contribution in [2.75, 3.05) is 33.8 Å². The summed E-state index contributed by atoms with van der Waals surface area (Å²) in [7, 11) is 3.85. The predicted molar refractivity (Wildman–Crippen MR) is 132 cm³/mol. The molecule has 1 unspecified atom stereocenters. The highest BCUT2D eigenvalue weighted by Crippen LogP contribution is 2.47. The lowest BCUT2D eigenvalue weighted by molar-refractivity contribution is 0.0585. The van der Waals surface area contributed by atoms with E-state index in [1.54, 1.807) is 7.11 Å². The summed E-state index contributed by atoms with van der Waals surface area (Å²) >= 11 is 0. The molecule has 1 aliphatic heterocycles. The molecule has 5 heteroatoms. The normalized spacial score (nSPS) is 32.4. The van der Waals surface area contributed by atoms with Crippen LogP contribution in [0, 0.1) is 5.92 Å². The molecule has 1 aromatic carbocycles. The molecule has 0 aromatic heterocycles. The Hall–Kier alpha value is -2.11. The summed E-state index contributed by atoms with van der Waals surface area (Å²) in [5.41, 5.74) is 2.59. The monoisotopic (exact) mass is 449 g/mol. The maximum absolute atomic E-state index is 13.7. The SMILES string of the molecule is CN[C@]1(c2ccccc2)CC[C@]2(CC1)CN(CC1=CCC(OC)C=C1)C(=O)N2CC1CCC1. The minimum absolute atomic E-state index is 0.00885. The minimum atomic E-state index is -0.0319. The molecule has 1 N–H and O–H groups in total. The van der Waals surface area contributed by atoms with Crippen molar-refractivity contribution in [1.82, 2.24) is 15.1 Å². The van der Waals surface area contributed by atoms with Crippen LogP contribution in [0.2, 0.25) is 0 Å². The number of rotatable bonds is 7. The number of amides is 2. The van der Waals surface area contributed by atoms with E-state index in [9.17, 15) is 4.79 Å². The van der Waals surface area contributed by atoms with Crippen LogP contribution in [0.3, 0.4) is 0 Å². The van der Waals surface area contributed by atoms with Crippen molar-refractivity contribution in [3.05, 3.63) is 59.7 Å². The molecule has 3 aliphatic carbocycles. The van der Waals surface area contributed by atoms with Crippen LogP contribution in [0.25, 0.3) is 0 Å². The second-order valence-corrected chi connectivity index (χ2v) is 10.6. The van der Waals surface area contributed by atoms with Crippen LogP contribution >= 0.6 is 0 Å². The molecule has 178 valence electrons. The number of methoxy groups -OCH3 is 1. The van der Waals surface area contributed by atoms with Gasteiger partial charge in [-0.15, -0.1) is 0 Å². The second-order valence-electron chi connectivity index (χ2n) is 10.6. The second kappa shape index (κ2) is 9.27. The Morgan fingerprint density at radius 1 is 1.12 bits per heavy atom. The average Bonchev–Trinajstić information content (AvgIpc) is 3.08. The maximum Gasteiger partial charge on any atom is 0.320 e. The number of urea groups is 1. The van der Waals surface area contributed by atoms with Crippen LogP contribution in [-0.4, -0.2) is 61.3 Å². The Labute approximate surface area is 198 Å². The number of nitrogens with one attached hydrogen (secondary N) is 1. The lowest BCUT2D eigenvalue weighted by Gasteiger charge is -2.49. The van der Waals surface area contributed by atoms with Crippen LogP contribution in [-0.2, 0) is 10.3 Å². The molecule has 1 heterocycles. The van der Waals surface area contributed by atoms with Gasteiger partial charge in [-0.25, -0.2) is 4.79 Å². The van der Waals surface area contributed by atoms with E-state index in [0.717, 1.165) is 45.2 Å². The maximum atomic E-state index is 13.7. The van der Waals surface area contributed by atoms with Crippen molar-refractivity contribution >= 4 is 6.03 Å². The highest BCUT2D eigenvalue weighted by Gasteiger charge is 2.54. The zero-order valence-electron chi connectivity index (χ0n) is 20.3. The van der Waals surface area contributed by atoms with E-state index in [0.29, 0.717) is 12.5 Å². The van der Waals surface area contributed by atoms with Gasteiger partial charge < -0.3 is 19.9 Å². The lowest BCUT2D eigenvalue weighted by Crippen LogP contribution is -2.56. The Kier molecular flexibility index (Phi) is 6.37. The van der Waals surface area contributed by atoms with Crippen molar-refractivity contribution in [2.45, 2.75) is 68.5 Å². The van der Waals surface area contributed by atoms with Crippen molar-refractivity contribution in [3.63, 3.8) is 0 Å². The molecule has 3 fully saturated rings. The molecule has 1 aromatic rings. The molecule has 1 saturated heterocycles. The fourth-order valence-corrected chi connectivity index (χ4v) is 6.38. The molecular formula is C28H39N3O2. The standard InChI is InChI=1S/C28H39N3O2/c1-29-28(24-9-4-3-5-10-24)17-15-27(16-18-28)21-30(19-23-11-13-25(33-2)14-12-23)26(32)31(27)20-22-7-6-8-22/h3-5,9-13,22,25,29H,6-8,14-21H2,1-2H3/t25?,27-,28+. The van der Waals surface area contributed by atoms with Gasteiger partial charge in [0.25, 0.3) is 0 Å². The van der Waals surface area contributed by atoms with Gasteiger partial charge in [0, 0.05) is 32.3 Å². The number of nitrogens with zero attached hydrogens (tertiary/aromatic N) is 2. The van der Waals surface area contributed by atoms with E-state index in [4.69, 9.17) is 4.74 Å². The van der Waals surface area contributed by atoms with Crippen LogP contribution in [0.5, 0.6) is 0 Å². The van der Waals surface area contributed by atoms with Gasteiger partial charge in [-0.05, 0) is 69.0 Å². The minimum Gasteiger partial charge on any atom is -0.377 e. The first-order valence-corrected chi connectivity index (χ1v) is 12.8. The van der Waals surface area contributed by atoms with Crippen molar-refractivity contribution in [3.8, 4) is 0 Å². The van der Waals surface area contributed by atoms with Gasteiger partial charge in [-0.3, -0.25) is 0 Å². The Morgan fingerprint density at radius 3 is 2.45 bits per heavy atom. The van der Waals surface area contributed by atoms with Crippen LogP contribution in [0.15, 0.2) is 54.1 Å². The molecule has 2 amide bonds. The summed E-state index contributed by atoms with van der Waals surface area (Å²) in [6.07, 6.45) is 15.7. The number of hydrogen-bond acceptors (Lipinski definition) is 3. The average molecular weight is 450 g/mol. The summed E-state index contributed by atoms with van der Waals surface area (Å²) in [4.78, 5) is 18.1. The quantitative estimate of drug-likeness (QED) is 0.647. The van der Waals surface area contributed by atoms with Crippen LogP contribution in [0.1, 0.15) is 56.9 Å². The van der Waals surface area contributed by atoms with Gasteiger partial charge in [-0.1, -0.05) is 55.0 Å². The van der Waals surface area contributed by atoms with Crippen molar-refractivity contribution < 1.29 is 9.53 Å². The van der Waals surface area contributed by atoms with Gasteiger partial charge in [-0.2, -0.15) is 0 Å². The van der Waals surface area contributed by atoms with Gasteiger partial charge in [0.05, 0.1) is 11.6 Å². The largest absolute Gasteiger partial charge is 0.377 e. The summed E-state index contributed by atoms with van der Waals surface area (Å²) in [5.74, 6) is 0.687. The Morgan fingerprint density at radius 2 is 1.88 bits per heavy atom. The lowest BCUT2D eigenvalue weighted by atomic mass is 9.68. The number of carbonyl (C=O) groups is 1. The van der Waals surface area contributed by atoms with E-state index >= 15 is 0 Å². The molecule has 2 saturated carbocycles. The van der Waals surface area contributed by atoms with E-state index in [1.807, 2.05) is 0 Å². The molecule has 1 spiro atoms. The summed E-state index contributed by atoms with van der Waals surface area (Å²) in [6, 6.07) is 11.1. The fourth-order valence-electron chi connectivity index (χ4n) is 6.38. The third-order valence-electron chi connectivity index (χ3n) is 8.88. The Balaban J connectivity index is 1.34. The van der Waals surface area contributed by atoms with Crippen LogP contribution < -0.4 is 5.32 Å². The van der Waals surface area contributed by atoms with Gasteiger partial charge in [0.1, 0.15) is 0 Å².